The summed E-state index contributed by atoms with van der Waals surface area (Å²) in [6, 6.07) is 16.2. The molecule has 5 rings (SSSR count). The second-order valence-electron chi connectivity index (χ2n) is 7.82. The quantitative estimate of drug-likeness (QED) is 0.539. The molecule has 1 aliphatic rings. The second-order valence-corrected chi connectivity index (χ2v) is 7.82. The molecule has 7 heteroatoms. The van der Waals surface area contributed by atoms with Gasteiger partial charge in [-0.25, -0.2) is 15.0 Å². The van der Waals surface area contributed by atoms with Crippen molar-refractivity contribution in [2.24, 2.45) is 0 Å². The number of nitrogens with zero attached hydrogens (tertiary/aromatic N) is 6. The van der Waals surface area contributed by atoms with E-state index in [4.69, 9.17) is 15.0 Å². The number of hydrogen-bond acceptors (Lipinski definition) is 7. The van der Waals surface area contributed by atoms with E-state index in [-0.39, 0.29) is 0 Å². The number of anilines is 2. The molecular weight excluding hydrogens is 386 g/mol. The summed E-state index contributed by atoms with van der Waals surface area (Å²) in [6.45, 7) is 4.83. The molecule has 1 aromatic carbocycles. The van der Waals surface area contributed by atoms with Crippen LogP contribution in [0.3, 0.4) is 0 Å². The highest BCUT2D eigenvalue weighted by Crippen LogP contribution is 2.25. The summed E-state index contributed by atoms with van der Waals surface area (Å²) in [5.41, 5.74) is 2.92. The summed E-state index contributed by atoms with van der Waals surface area (Å²) in [5.74, 6) is 2.52. The highest BCUT2D eigenvalue weighted by Gasteiger charge is 2.15. The first-order chi connectivity index (χ1) is 15.3. The number of pyridine rings is 2. The molecule has 0 radical (unpaired) electrons. The van der Waals surface area contributed by atoms with Crippen LogP contribution in [0.2, 0.25) is 0 Å². The Bertz CT molecular complexity index is 1150. The van der Waals surface area contributed by atoms with Gasteiger partial charge in [-0.05, 0) is 42.9 Å². The van der Waals surface area contributed by atoms with Crippen molar-refractivity contribution in [3.8, 4) is 11.4 Å². The van der Waals surface area contributed by atoms with Gasteiger partial charge in [-0.1, -0.05) is 18.2 Å². The Kier molecular flexibility index (Phi) is 5.41. The van der Waals surface area contributed by atoms with E-state index in [1.165, 1.54) is 0 Å². The van der Waals surface area contributed by atoms with Crippen LogP contribution in [0.15, 0.2) is 67.1 Å². The monoisotopic (exact) mass is 411 g/mol. The molecule has 0 atom stereocenters. The zero-order chi connectivity index (χ0) is 21.0. The molecule has 1 fully saturated rings. The highest BCUT2D eigenvalue weighted by atomic mass is 15.3. The second kappa shape index (κ2) is 8.65. The largest absolute Gasteiger partial charge is 0.365 e. The van der Waals surface area contributed by atoms with E-state index in [0.717, 1.165) is 59.8 Å². The Morgan fingerprint density at radius 1 is 0.903 bits per heavy atom. The number of nitrogens with one attached hydrogen (secondary N) is 1. The molecule has 1 saturated heterocycles. The molecule has 4 aromatic rings. The number of rotatable bonds is 5. The van der Waals surface area contributed by atoms with Crippen LogP contribution < -0.4 is 10.2 Å². The minimum Gasteiger partial charge on any atom is -0.365 e. The molecule has 1 N–H and O–H groups in total. The minimum atomic E-state index is 0.642. The normalized spacial score (nSPS) is 14.7. The van der Waals surface area contributed by atoms with Crippen LogP contribution in [0.1, 0.15) is 5.56 Å². The molecule has 0 bridgehead atoms. The lowest BCUT2D eigenvalue weighted by atomic mass is 10.2. The number of benzene rings is 1. The summed E-state index contributed by atoms with van der Waals surface area (Å²) in [4.78, 5) is 23.1. The van der Waals surface area contributed by atoms with E-state index >= 15 is 0 Å². The summed E-state index contributed by atoms with van der Waals surface area (Å²) in [7, 11) is 2.16. The van der Waals surface area contributed by atoms with E-state index in [1.54, 1.807) is 12.4 Å². The fourth-order valence-corrected chi connectivity index (χ4v) is 3.77. The molecule has 7 nitrogen and oxygen atoms in total. The third kappa shape index (κ3) is 4.32. The van der Waals surface area contributed by atoms with Crippen molar-refractivity contribution in [1.29, 1.82) is 0 Å². The zero-order valence-electron chi connectivity index (χ0n) is 17.6. The predicted molar refractivity (Wildman–Crippen MR) is 124 cm³/mol. The van der Waals surface area contributed by atoms with Gasteiger partial charge in [-0.2, -0.15) is 0 Å². The van der Waals surface area contributed by atoms with Crippen LogP contribution in [0.5, 0.6) is 0 Å². The van der Waals surface area contributed by atoms with E-state index in [0.29, 0.717) is 12.4 Å². The van der Waals surface area contributed by atoms with Gasteiger partial charge in [0, 0.05) is 62.3 Å². The third-order valence-electron chi connectivity index (χ3n) is 5.62. The lowest BCUT2D eigenvalue weighted by molar-refractivity contribution is 0.312. The van der Waals surface area contributed by atoms with Crippen molar-refractivity contribution >= 4 is 22.5 Å². The topological polar surface area (TPSA) is 70.1 Å². The van der Waals surface area contributed by atoms with E-state index < -0.39 is 0 Å². The number of piperazine rings is 1. The SMILES string of the molecule is CN1CCN(c2ccc(CNc3nc(-c4cccnc4)nc4ccccc34)cn2)CC1. The van der Waals surface area contributed by atoms with Crippen molar-refractivity contribution in [1.82, 2.24) is 24.8 Å². The molecule has 31 heavy (non-hydrogen) atoms. The van der Waals surface area contributed by atoms with Gasteiger partial charge in [-0.3, -0.25) is 4.98 Å². The molecule has 0 unspecified atom stereocenters. The summed E-state index contributed by atoms with van der Waals surface area (Å²) in [5, 5.41) is 4.48. The van der Waals surface area contributed by atoms with Crippen LogP contribution in [0.25, 0.3) is 22.3 Å². The summed E-state index contributed by atoms with van der Waals surface area (Å²) >= 11 is 0. The Morgan fingerprint density at radius 3 is 2.55 bits per heavy atom. The molecule has 0 spiro atoms. The standard InChI is InChI=1S/C24H25N7/c1-30-11-13-31(14-12-30)22-9-8-18(15-26-22)16-27-24-20-6-2-3-7-21(20)28-23(29-24)19-5-4-10-25-17-19/h2-10,15,17H,11-14,16H2,1H3,(H,27,28,29). The van der Waals surface area contributed by atoms with Gasteiger partial charge < -0.3 is 15.1 Å². The van der Waals surface area contributed by atoms with Gasteiger partial charge in [0.1, 0.15) is 11.6 Å². The molecule has 1 aliphatic heterocycles. The minimum absolute atomic E-state index is 0.642. The average molecular weight is 412 g/mol. The number of fused-ring (bicyclic) bond motifs is 1. The average Bonchev–Trinajstić information content (AvgIpc) is 2.84. The maximum Gasteiger partial charge on any atom is 0.163 e. The smallest absolute Gasteiger partial charge is 0.163 e. The van der Waals surface area contributed by atoms with Crippen LogP contribution in [0.4, 0.5) is 11.6 Å². The Balaban J connectivity index is 1.36. The van der Waals surface area contributed by atoms with E-state index in [9.17, 15) is 0 Å². The maximum absolute atomic E-state index is 4.79. The van der Waals surface area contributed by atoms with Crippen molar-refractivity contribution in [3.63, 3.8) is 0 Å². The molecular formula is C24H25N7. The lowest BCUT2D eigenvalue weighted by Gasteiger charge is -2.33. The summed E-state index contributed by atoms with van der Waals surface area (Å²) in [6.07, 6.45) is 5.49. The van der Waals surface area contributed by atoms with Crippen LogP contribution in [-0.2, 0) is 6.54 Å². The number of hydrogen-bond donors (Lipinski definition) is 1. The van der Waals surface area contributed by atoms with Gasteiger partial charge in [0.15, 0.2) is 5.82 Å². The van der Waals surface area contributed by atoms with E-state index in [1.807, 2.05) is 42.6 Å². The van der Waals surface area contributed by atoms with Crippen LogP contribution in [-0.4, -0.2) is 58.1 Å². The number of para-hydroxylation sites is 1. The van der Waals surface area contributed by atoms with Crippen LogP contribution >= 0.6 is 0 Å². The van der Waals surface area contributed by atoms with Gasteiger partial charge in [0.25, 0.3) is 0 Å². The van der Waals surface area contributed by atoms with Crippen molar-refractivity contribution < 1.29 is 0 Å². The van der Waals surface area contributed by atoms with Crippen molar-refractivity contribution in [3.05, 3.63) is 72.7 Å². The highest BCUT2D eigenvalue weighted by molar-refractivity contribution is 5.90. The summed E-state index contributed by atoms with van der Waals surface area (Å²) < 4.78 is 0. The molecule has 0 saturated carbocycles. The van der Waals surface area contributed by atoms with Crippen LogP contribution in [0, 0.1) is 0 Å². The molecule has 3 aromatic heterocycles. The van der Waals surface area contributed by atoms with Crippen molar-refractivity contribution in [2.75, 3.05) is 43.4 Å². The fraction of sp³-hybridized carbons (Fsp3) is 0.250. The first-order valence-electron chi connectivity index (χ1n) is 10.6. The maximum atomic E-state index is 4.79. The van der Waals surface area contributed by atoms with E-state index in [2.05, 4.69) is 39.3 Å². The lowest BCUT2D eigenvalue weighted by Crippen LogP contribution is -2.44. The molecule has 0 amide bonds. The number of likely N-dealkylation sites (N-methyl/N-ethyl adjacent to an activating group) is 1. The van der Waals surface area contributed by atoms with Gasteiger partial charge in [-0.15, -0.1) is 0 Å². The zero-order valence-corrected chi connectivity index (χ0v) is 17.6. The molecule has 156 valence electrons. The first kappa shape index (κ1) is 19.4. The Hall–Kier alpha value is -3.58. The molecule has 4 heterocycles. The molecule has 0 aliphatic carbocycles. The first-order valence-corrected chi connectivity index (χ1v) is 10.6. The number of aromatic nitrogens is 4. The van der Waals surface area contributed by atoms with Crippen molar-refractivity contribution in [2.45, 2.75) is 6.54 Å². The van der Waals surface area contributed by atoms with Gasteiger partial charge in [0.05, 0.1) is 5.52 Å². The fourth-order valence-electron chi connectivity index (χ4n) is 3.77. The van der Waals surface area contributed by atoms with Gasteiger partial charge >= 0.3 is 0 Å². The van der Waals surface area contributed by atoms with Gasteiger partial charge in [0.2, 0.25) is 0 Å². The predicted octanol–water partition coefficient (Wildman–Crippen LogP) is 3.45. The Labute approximate surface area is 181 Å². The Morgan fingerprint density at radius 2 is 1.77 bits per heavy atom. The third-order valence-corrected chi connectivity index (χ3v) is 5.62.